The first kappa shape index (κ1) is 12.2. The number of ether oxygens (including phenoxy) is 1. The van der Waals surface area contributed by atoms with Gasteiger partial charge < -0.3 is 4.74 Å². The molecule has 0 N–H and O–H groups in total. The first-order chi connectivity index (χ1) is 8.29. The Bertz CT molecular complexity index is 502. The molecule has 0 aliphatic rings. The van der Waals surface area contributed by atoms with Gasteiger partial charge in [-0.1, -0.05) is 23.7 Å². The molecule has 2 aromatic rings. The Morgan fingerprint density at radius 3 is 2.88 bits per heavy atom. The maximum atomic E-state index is 5.90. The minimum absolute atomic E-state index is 0.388. The lowest BCUT2D eigenvalue weighted by atomic mass is 10.2. The van der Waals surface area contributed by atoms with Crippen molar-refractivity contribution in [1.82, 2.24) is 4.98 Å². The largest absolute Gasteiger partial charge is 0.488 e. The second-order valence-electron chi connectivity index (χ2n) is 3.54. The number of halogens is 2. The van der Waals surface area contributed by atoms with Crippen molar-refractivity contribution in [2.24, 2.45) is 0 Å². The van der Waals surface area contributed by atoms with Gasteiger partial charge in [0.15, 0.2) is 0 Å². The minimum atomic E-state index is 0.388. The summed E-state index contributed by atoms with van der Waals surface area (Å²) in [7, 11) is 0. The van der Waals surface area contributed by atoms with Crippen LogP contribution in [0.5, 0.6) is 5.75 Å². The summed E-state index contributed by atoms with van der Waals surface area (Å²) in [5, 5.41) is 0.707. The Hall–Kier alpha value is -1.25. The van der Waals surface area contributed by atoms with Crippen molar-refractivity contribution >= 4 is 23.2 Å². The molecule has 0 bridgehead atoms. The monoisotopic (exact) mass is 267 g/mol. The van der Waals surface area contributed by atoms with E-state index in [-0.39, 0.29) is 0 Å². The summed E-state index contributed by atoms with van der Waals surface area (Å²) in [4.78, 5) is 4.00. The molecule has 0 spiro atoms. The predicted molar refractivity (Wildman–Crippen MR) is 69.6 cm³/mol. The summed E-state index contributed by atoms with van der Waals surface area (Å²) >= 11 is 11.7. The van der Waals surface area contributed by atoms with Gasteiger partial charge in [-0.25, -0.2) is 0 Å². The molecule has 0 saturated carbocycles. The lowest BCUT2D eigenvalue weighted by Crippen LogP contribution is -1.98. The topological polar surface area (TPSA) is 22.1 Å². The fourth-order valence-corrected chi connectivity index (χ4v) is 1.86. The van der Waals surface area contributed by atoms with Crippen molar-refractivity contribution in [1.29, 1.82) is 0 Å². The van der Waals surface area contributed by atoms with Gasteiger partial charge in [-0.15, -0.1) is 11.6 Å². The molecule has 0 saturated heterocycles. The number of benzene rings is 1. The van der Waals surface area contributed by atoms with Crippen LogP contribution in [0.4, 0.5) is 0 Å². The van der Waals surface area contributed by atoms with Crippen LogP contribution in [0.2, 0.25) is 5.02 Å². The van der Waals surface area contributed by atoms with Crippen LogP contribution in [-0.4, -0.2) is 4.98 Å². The van der Waals surface area contributed by atoms with E-state index in [1.807, 2.05) is 30.3 Å². The molecule has 1 aromatic heterocycles. The van der Waals surface area contributed by atoms with E-state index < -0.39 is 0 Å². The SMILES string of the molecule is ClCc1cnccc1OCc1cccc(Cl)c1. The smallest absolute Gasteiger partial charge is 0.127 e. The number of aromatic nitrogens is 1. The summed E-state index contributed by atoms with van der Waals surface area (Å²) in [6, 6.07) is 9.39. The van der Waals surface area contributed by atoms with E-state index >= 15 is 0 Å². The molecule has 0 radical (unpaired) electrons. The molecule has 0 unspecified atom stereocenters. The van der Waals surface area contributed by atoms with Crippen molar-refractivity contribution in [2.75, 3.05) is 0 Å². The molecule has 2 nitrogen and oxygen atoms in total. The van der Waals surface area contributed by atoms with E-state index in [9.17, 15) is 0 Å². The summed E-state index contributed by atoms with van der Waals surface area (Å²) in [5.41, 5.74) is 1.91. The number of nitrogens with zero attached hydrogens (tertiary/aromatic N) is 1. The van der Waals surface area contributed by atoms with E-state index in [0.29, 0.717) is 17.5 Å². The summed E-state index contributed by atoms with van der Waals surface area (Å²) < 4.78 is 5.69. The fraction of sp³-hybridized carbons (Fsp3) is 0.154. The molecular weight excluding hydrogens is 257 g/mol. The quantitative estimate of drug-likeness (QED) is 0.780. The summed E-state index contributed by atoms with van der Waals surface area (Å²) in [5.74, 6) is 1.15. The molecule has 2 rings (SSSR count). The van der Waals surface area contributed by atoms with Crippen molar-refractivity contribution in [3.8, 4) is 5.75 Å². The van der Waals surface area contributed by atoms with Crippen LogP contribution in [0.3, 0.4) is 0 Å². The summed E-state index contributed by atoms with van der Waals surface area (Å²) in [6.07, 6.45) is 3.39. The van der Waals surface area contributed by atoms with Crippen molar-refractivity contribution in [3.63, 3.8) is 0 Å². The van der Waals surface area contributed by atoms with Crippen molar-refractivity contribution < 1.29 is 4.74 Å². The predicted octanol–water partition coefficient (Wildman–Crippen LogP) is 4.05. The lowest BCUT2D eigenvalue weighted by Gasteiger charge is -2.09. The van der Waals surface area contributed by atoms with Gasteiger partial charge in [-0.2, -0.15) is 0 Å². The first-order valence-corrected chi connectivity index (χ1v) is 6.07. The molecule has 0 fully saturated rings. The Kier molecular flexibility index (Phi) is 4.24. The van der Waals surface area contributed by atoms with Gasteiger partial charge in [0.25, 0.3) is 0 Å². The van der Waals surface area contributed by atoms with Crippen LogP contribution in [0.25, 0.3) is 0 Å². The fourth-order valence-electron chi connectivity index (χ4n) is 1.44. The molecule has 0 atom stereocenters. The van der Waals surface area contributed by atoms with Crippen molar-refractivity contribution in [3.05, 3.63) is 58.9 Å². The Morgan fingerprint density at radius 1 is 1.24 bits per heavy atom. The molecule has 1 aromatic carbocycles. The lowest BCUT2D eigenvalue weighted by molar-refractivity contribution is 0.303. The number of rotatable bonds is 4. The third kappa shape index (κ3) is 3.35. The second kappa shape index (κ2) is 5.89. The maximum absolute atomic E-state index is 5.90. The van der Waals surface area contributed by atoms with E-state index in [4.69, 9.17) is 27.9 Å². The second-order valence-corrected chi connectivity index (χ2v) is 4.24. The first-order valence-electron chi connectivity index (χ1n) is 5.15. The molecule has 88 valence electrons. The van der Waals surface area contributed by atoms with E-state index in [1.54, 1.807) is 12.4 Å². The van der Waals surface area contributed by atoms with E-state index in [2.05, 4.69) is 4.98 Å². The highest BCUT2D eigenvalue weighted by atomic mass is 35.5. The van der Waals surface area contributed by atoms with E-state index in [0.717, 1.165) is 16.9 Å². The average Bonchev–Trinajstić information content (AvgIpc) is 2.37. The van der Waals surface area contributed by atoms with Gasteiger partial charge in [0, 0.05) is 23.0 Å². The zero-order valence-electron chi connectivity index (χ0n) is 9.07. The van der Waals surface area contributed by atoms with Gasteiger partial charge in [-0.3, -0.25) is 4.98 Å². The van der Waals surface area contributed by atoms with Crippen LogP contribution < -0.4 is 4.74 Å². The Morgan fingerprint density at radius 2 is 2.12 bits per heavy atom. The van der Waals surface area contributed by atoms with Gasteiger partial charge in [0.2, 0.25) is 0 Å². The zero-order chi connectivity index (χ0) is 12.1. The van der Waals surface area contributed by atoms with Gasteiger partial charge in [0.05, 0.1) is 5.88 Å². The van der Waals surface area contributed by atoms with Crippen LogP contribution >= 0.6 is 23.2 Å². The van der Waals surface area contributed by atoms with Gasteiger partial charge >= 0.3 is 0 Å². The third-order valence-corrected chi connectivity index (χ3v) is 2.81. The van der Waals surface area contributed by atoms with Gasteiger partial charge in [0.1, 0.15) is 12.4 Å². The molecular formula is C13H11Cl2NO. The van der Waals surface area contributed by atoms with Crippen LogP contribution in [0.1, 0.15) is 11.1 Å². The molecule has 0 aliphatic heterocycles. The molecule has 17 heavy (non-hydrogen) atoms. The van der Waals surface area contributed by atoms with Crippen LogP contribution in [-0.2, 0) is 12.5 Å². The third-order valence-electron chi connectivity index (χ3n) is 2.29. The normalized spacial score (nSPS) is 10.2. The summed E-state index contributed by atoms with van der Waals surface area (Å²) in [6.45, 7) is 0.467. The highest BCUT2D eigenvalue weighted by Gasteiger charge is 2.02. The average molecular weight is 268 g/mol. The van der Waals surface area contributed by atoms with E-state index in [1.165, 1.54) is 0 Å². The molecule has 4 heteroatoms. The number of alkyl halides is 1. The number of pyridine rings is 1. The zero-order valence-corrected chi connectivity index (χ0v) is 10.6. The molecule has 0 amide bonds. The standard InChI is InChI=1S/C13H11Cl2NO/c14-7-11-8-16-5-4-13(11)17-9-10-2-1-3-12(15)6-10/h1-6,8H,7,9H2. The van der Waals surface area contributed by atoms with Crippen molar-refractivity contribution in [2.45, 2.75) is 12.5 Å². The molecule has 0 aliphatic carbocycles. The molecule has 1 heterocycles. The minimum Gasteiger partial charge on any atom is -0.488 e. The Balaban J connectivity index is 2.07. The highest BCUT2D eigenvalue weighted by molar-refractivity contribution is 6.30. The highest BCUT2D eigenvalue weighted by Crippen LogP contribution is 2.20. The Labute approximate surface area is 110 Å². The number of hydrogen-bond donors (Lipinski definition) is 0. The maximum Gasteiger partial charge on any atom is 0.127 e. The van der Waals surface area contributed by atoms with Crippen LogP contribution in [0, 0.1) is 0 Å². The van der Waals surface area contributed by atoms with Crippen LogP contribution in [0.15, 0.2) is 42.7 Å². The number of hydrogen-bond acceptors (Lipinski definition) is 2. The van der Waals surface area contributed by atoms with Gasteiger partial charge in [-0.05, 0) is 23.8 Å².